The number of hydrogen-bond donors (Lipinski definition) is 0. The maximum Gasteiger partial charge on any atom is 0.170 e. The van der Waals surface area contributed by atoms with Crippen LogP contribution in [0.1, 0.15) is 16.1 Å². The van der Waals surface area contributed by atoms with Gasteiger partial charge < -0.3 is 9.80 Å². The number of rotatable bonds is 5. The Morgan fingerprint density at radius 1 is 0.939 bits per heavy atom. The van der Waals surface area contributed by atoms with Crippen LogP contribution in [0.3, 0.4) is 0 Å². The first-order valence-corrected chi connectivity index (χ1v) is 11.5. The molecule has 7 heteroatoms. The predicted molar refractivity (Wildman–Crippen MR) is 133 cm³/mol. The standard InChI is InChI=1S/C26H26ClN5O/c1-30-7-9-32(10-8-30)23-5-6-25(27)24(14-23)26(33)13-22-12-20-11-18(3-4-19(20)15-28-22)21-16-29-31(2)17-21/h3-6,11-12,14-17H,7-10,13H2,1-2H3. The molecule has 2 aromatic carbocycles. The van der Waals surface area contributed by atoms with Crippen molar-refractivity contribution in [2.45, 2.75) is 6.42 Å². The summed E-state index contributed by atoms with van der Waals surface area (Å²) in [5.74, 6) is -0.0220. The highest BCUT2D eigenvalue weighted by Crippen LogP contribution is 2.27. The smallest absolute Gasteiger partial charge is 0.170 e. The number of fused-ring (bicyclic) bond motifs is 1. The number of halogens is 1. The molecule has 6 nitrogen and oxygen atoms in total. The Bertz CT molecular complexity index is 1320. The van der Waals surface area contributed by atoms with Crippen molar-refractivity contribution in [3.8, 4) is 11.1 Å². The Morgan fingerprint density at radius 2 is 1.76 bits per heavy atom. The molecule has 0 atom stereocenters. The normalized spacial score (nSPS) is 14.7. The van der Waals surface area contributed by atoms with Crippen molar-refractivity contribution >= 4 is 33.8 Å². The number of ketones is 1. The molecule has 0 radical (unpaired) electrons. The van der Waals surface area contributed by atoms with Crippen LogP contribution in [0, 0.1) is 0 Å². The van der Waals surface area contributed by atoms with E-state index in [2.05, 4.69) is 39.1 Å². The molecule has 3 heterocycles. The van der Waals surface area contributed by atoms with Gasteiger partial charge in [-0.05, 0) is 48.3 Å². The van der Waals surface area contributed by atoms with Crippen molar-refractivity contribution < 1.29 is 4.79 Å². The molecule has 0 N–H and O–H groups in total. The van der Waals surface area contributed by atoms with E-state index in [-0.39, 0.29) is 12.2 Å². The second-order valence-electron chi connectivity index (χ2n) is 8.69. The number of pyridine rings is 1. The van der Waals surface area contributed by atoms with E-state index in [0.29, 0.717) is 10.6 Å². The fourth-order valence-electron chi connectivity index (χ4n) is 4.28. The van der Waals surface area contributed by atoms with Gasteiger partial charge >= 0.3 is 0 Å². The van der Waals surface area contributed by atoms with Crippen molar-refractivity contribution in [1.29, 1.82) is 0 Å². The highest BCUT2D eigenvalue weighted by molar-refractivity contribution is 6.34. The minimum Gasteiger partial charge on any atom is -0.369 e. The number of anilines is 1. The summed E-state index contributed by atoms with van der Waals surface area (Å²) in [5, 5.41) is 6.83. The van der Waals surface area contributed by atoms with Gasteiger partial charge in [0.25, 0.3) is 0 Å². The first-order chi connectivity index (χ1) is 16.0. The first kappa shape index (κ1) is 21.6. The second-order valence-corrected chi connectivity index (χ2v) is 9.10. The molecular weight excluding hydrogens is 434 g/mol. The summed E-state index contributed by atoms with van der Waals surface area (Å²) < 4.78 is 1.79. The van der Waals surface area contributed by atoms with E-state index in [9.17, 15) is 4.79 Å². The zero-order valence-electron chi connectivity index (χ0n) is 18.8. The lowest BCUT2D eigenvalue weighted by atomic mass is 10.0. The lowest BCUT2D eigenvalue weighted by Gasteiger charge is -2.34. The number of carbonyl (C=O) groups is 1. The zero-order valence-corrected chi connectivity index (χ0v) is 19.6. The summed E-state index contributed by atoms with van der Waals surface area (Å²) in [5.41, 5.74) is 4.47. The minimum absolute atomic E-state index is 0.0220. The van der Waals surface area contributed by atoms with Crippen molar-refractivity contribution in [1.82, 2.24) is 19.7 Å². The lowest BCUT2D eigenvalue weighted by Crippen LogP contribution is -2.44. The van der Waals surface area contributed by atoms with Crippen molar-refractivity contribution in [3.05, 3.63) is 77.3 Å². The molecular formula is C26H26ClN5O. The summed E-state index contributed by atoms with van der Waals surface area (Å²) in [6.07, 6.45) is 5.87. The van der Waals surface area contributed by atoms with Crippen LogP contribution < -0.4 is 4.90 Å². The SMILES string of the molecule is CN1CCN(c2ccc(Cl)c(C(=O)Cc3cc4cc(-c5cnn(C)c5)ccc4cn3)c2)CC1. The summed E-state index contributed by atoms with van der Waals surface area (Å²) in [4.78, 5) is 22.3. The molecule has 1 saturated heterocycles. The average molecular weight is 460 g/mol. The van der Waals surface area contributed by atoms with Crippen LogP contribution in [0.15, 0.2) is 61.1 Å². The van der Waals surface area contributed by atoms with E-state index in [1.807, 2.05) is 56.0 Å². The number of carbonyl (C=O) groups excluding carboxylic acids is 1. The van der Waals surface area contributed by atoms with Gasteiger partial charge in [0, 0.05) is 73.5 Å². The summed E-state index contributed by atoms with van der Waals surface area (Å²) in [7, 11) is 4.03. The van der Waals surface area contributed by atoms with Crippen molar-refractivity contribution in [3.63, 3.8) is 0 Å². The van der Waals surface area contributed by atoms with E-state index in [4.69, 9.17) is 11.6 Å². The fraction of sp³-hybridized carbons (Fsp3) is 0.269. The number of nitrogens with zero attached hydrogens (tertiary/aromatic N) is 5. The van der Waals surface area contributed by atoms with Gasteiger partial charge in [-0.1, -0.05) is 23.7 Å². The Labute approximate surface area is 198 Å². The largest absolute Gasteiger partial charge is 0.369 e. The maximum absolute atomic E-state index is 13.2. The van der Waals surface area contributed by atoms with Gasteiger partial charge in [-0.3, -0.25) is 14.5 Å². The number of aryl methyl sites for hydroxylation is 1. The molecule has 5 rings (SSSR count). The third kappa shape index (κ3) is 4.63. The Kier molecular flexibility index (Phi) is 5.87. The van der Waals surface area contributed by atoms with E-state index in [1.165, 1.54) is 0 Å². The second kappa shape index (κ2) is 8.96. The highest BCUT2D eigenvalue weighted by Gasteiger charge is 2.18. The quantitative estimate of drug-likeness (QED) is 0.412. The van der Waals surface area contributed by atoms with Crippen LogP contribution >= 0.6 is 11.6 Å². The topological polar surface area (TPSA) is 54.3 Å². The van der Waals surface area contributed by atoms with E-state index in [1.54, 1.807) is 4.68 Å². The Hall–Kier alpha value is -3.22. The van der Waals surface area contributed by atoms with Gasteiger partial charge in [0.15, 0.2) is 5.78 Å². The highest BCUT2D eigenvalue weighted by atomic mass is 35.5. The van der Waals surface area contributed by atoms with Crippen LogP contribution in [0.5, 0.6) is 0 Å². The van der Waals surface area contributed by atoms with E-state index < -0.39 is 0 Å². The molecule has 0 saturated carbocycles. The van der Waals surface area contributed by atoms with E-state index in [0.717, 1.165) is 59.5 Å². The maximum atomic E-state index is 13.2. The van der Waals surface area contributed by atoms with Crippen LogP contribution in [0.25, 0.3) is 21.9 Å². The van der Waals surface area contributed by atoms with Gasteiger partial charge in [0.2, 0.25) is 0 Å². The minimum atomic E-state index is -0.0220. The molecule has 1 aliphatic rings. The number of likely N-dealkylation sites (N-methyl/N-ethyl adjacent to an activating group) is 1. The van der Waals surface area contributed by atoms with Crippen molar-refractivity contribution in [2.75, 3.05) is 38.1 Å². The molecule has 0 aliphatic carbocycles. The number of Topliss-reactive ketones (excluding diaryl/α,β-unsaturated/α-hetero) is 1. The number of hydrogen-bond acceptors (Lipinski definition) is 5. The molecule has 0 spiro atoms. The van der Waals surface area contributed by atoms with Crippen LogP contribution in [-0.2, 0) is 13.5 Å². The Balaban J connectivity index is 1.39. The number of piperazine rings is 1. The molecule has 1 fully saturated rings. The third-order valence-electron chi connectivity index (χ3n) is 6.28. The van der Waals surface area contributed by atoms with Crippen LogP contribution in [0.4, 0.5) is 5.69 Å². The fourth-order valence-corrected chi connectivity index (χ4v) is 4.50. The average Bonchev–Trinajstić information content (AvgIpc) is 3.26. The molecule has 0 unspecified atom stereocenters. The van der Waals surface area contributed by atoms with Crippen molar-refractivity contribution in [2.24, 2.45) is 7.05 Å². The van der Waals surface area contributed by atoms with Gasteiger partial charge in [-0.2, -0.15) is 5.10 Å². The van der Waals surface area contributed by atoms with E-state index >= 15 is 0 Å². The molecule has 168 valence electrons. The summed E-state index contributed by atoms with van der Waals surface area (Å²) in [6.45, 7) is 3.90. The van der Waals surface area contributed by atoms with Gasteiger partial charge in [-0.25, -0.2) is 0 Å². The summed E-state index contributed by atoms with van der Waals surface area (Å²) >= 11 is 6.43. The lowest BCUT2D eigenvalue weighted by molar-refractivity contribution is 0.0992. The molecule has 1 aliphatic heterocycles. The van der Waals surface area contributed by atoms with Gasteiger partial charge in [0.05, 0.1) is 17.6 Å². The third-order valence-corrected chi connectivity index (χ3v) is 6.61. The van der Waals surface area contributed by atoms with Gasteiger partial charge in [-0.15, -0.1) is 0 Å². The molecule has 0 bridgehead atoms. The monoisotopic (exact) mass is 459 g/mol. The zero-order chi connectivity index (χ0) is 22.9. The van der Waals surface area contributed by atoms with Crippen LogP contribution in [-0.4, -0.2) is 58.7 Å². The molecule has 33 heavy (non-hydrogen) atoms. The predicted octanol–water partition coefficient (Wildman–Crippen LogP) is 4.47. The molecule has 0 amide bonds. The van der Waals surface area contributed by atoms with Crippen LogP contribution in [0.2, 0.25) is 5.02 Å². The number of benzene rings is 2. The van der Waals surface area contributed by atoms with Gasteiger partial charge in [0.1, 0.15) is 0 Å². The molecule has 4 aromatic rings. The molecule has 2 aromatic heterocycles. The first-order valence-electron chi connectivity index (χ1n) is 11.1. The summed E-state index contributed by atoms with van der Waals surface area (Å²) in [6, 6.07) is 14.0. The number of aromatic nitrogens is 3. The Morgan fingerprint density at radius 3 is 2.52 bits per heavy atom.